The number of nitrogens with one attached hydrogen (secondary N) is 1. The number of nitrogens with zero attached hydrogens (tertiary/aromatic N) is 7. The van der Waals surface area contributed by atoms with Gasteiger partial charge in [0.1, 0.15) is 52.2 Å². The predicted molar refractivity (Wildman–Crippen MR) is 413 cm³/mol. The van der Waals surface area contributed by atoms with Crippen LogP contribution in [0.2, 0.25) is 0 Å². The minimum atomic E-state index is -3.22. The third-order valence-electron chi connectivity index (χ3n) is 16.5. The number of nitriles is 2. The number of hydrogen-bond acceptors (Lipinski definition) is 15. The van der Waals surface area contributed by atoms with Gasteiger partial charge in [-0.05, 0) is 275 Å². The molecule has 6 aromatic carbocycles. The Hall–Kier alpha value is -10.1. The van der Waals surface area contributed by atoms with Crippen LogP contribution in [0.15, 0.2) is 226 Å². The highest BCUT2D eigenvalue weighted by Crippen LogP contribution is 2.61. The van der Waals surface area contributed by atoms with Gasteiger partial charge in [0.2, 0.25) is 11.1 Å². The molecule has 0 aliphatic carbocycles. The van der Waals surface area contributed by atoms with Gasteiger partial charge < -0.3 is 39.8 Å². The molecule has 18 nitrogen and oxygen atoms in total. The number of carbonyl (C=O) groups is 4. The summed E-state index contributed by atoms with van der Waals surface area (Å²) >= 11 is 18.6. The van der Waals surface area contributed by atoms with Crippen LogP contribution in [0, 0.1) is 22.7 Å². The van der Waals surface area contributed by atoms with Crippen molar-refractivity contribution in [3.8, 4) is 80.4 Å². The van der Waals surface area contributed by atoms with Gasteiger partial charge in [0, 0.05) is 77.7 Å². The van der Waals surface area contributed by atoms with Crippen molar-refractivity contribution in [1.82, 2.24) is 30.1 Å². The Morgan fingerprint density at radius 2 is 0.827 bits per heavy atom. The summed E-state index contributed by atoms with van der Waals surface area (Å²) in [5, 5.41) is 18.7. The van der Waals surface area contributed by atoms with E-state index in [1.165, 1.54) is 6.08 Å². The molecule has 6 heterocycles. The number of halogens is 4. The average molecular weight is 1500 g/mol. The van der Waals surface area contributed by atoms with Crippen molar-refractivity contribution < 1.29 is 42.7 Å². The minimum Gasteiger partial charge on any atom is -0.457 e. The SMILES string of the molecule is C.C=CC(=O)Cl.C=CC(=O)N1CCC(c2ccc(C#N)c(-c3ccc(Oc4ccccc4)cc3)n2)CC1.CC(C)(C)OC(=O)N1CCC(c2ccc(C(N)=O)c(-c3ccc(Oc4ccccc4)cc3)n2)CC1.N#Cc1ccc(C2CCNCC2)nc1-c1ccc(Oc2ccccc2)cc1.O=P(Cl)(Cl)Cl. The summed E-state index contributed by atoms with van der Waals surface area (Å²) in [6.45, 7) is 16.9. The molecule has 3 aliphatic rings. The predicted octanol–water partition coefficient (Wildman–Crippen LogP) is 20.3. The van der Waals surface area contributed by atoms with Crippen LogP contribution in [0.1, 0.15) is 123 Å². The highest BCUT2D eigenvalue weighted by molar-refractivity contribution is 8.24. The Morgan fingerprint density at radius 3 is 1.15 bits per heavy atom. The number of nitrogens with two attached hydrogens (primary N) is 1. The van der Waals surface area contributed by atoms with E-state index < -0.39 is 22.0 Å². The van der Waals surface area contributed by atoms with Crippen LogP contribution in [0.4, 0.5) is 4.79 Å². The molecule has 538 valence electrons. The molecule has 0 spiro atoms. The Bertz CT molecular complexity index is 4450. The van der Waals surface area contributed by atoms with Crippen molar-refractivity contribution in [2.45, 2.75) is 90.1 Å². The number of piperidine rings is 3. The maximum absolute atomic E-state index is 12.4. The normalized spacial score (nSPS) is 13.7. The number of para-hydroxylation sites is 3. The zero-order valence-electron chi connectivity index (χ0n) is 57.2. The third-order valence-corrected chi connectivity index (χ3v) is 16.6. The molecule has 3 aliphatic heterocycles. The van der Waals surface area contributed by atoms with Gasteiger partial charge >= 0.3 is 11.3 Å². The number of likely N-dealkylation sites (tertiary alicyclic amines) is 2. The number of pyridine rings is 3. The van der Waals surface area contributed by atoms with Crippen molar-refractivity contribution in [2.75, 3.05) is 39.3 Å². The Labute approximate surface area is 627 Å². The second kappa shape index (κ2) is 40.1. The first kappa shape index (κ1) is 81.2. The number of carbonyl (C=O) groups excluding carboxylic acids is 4. The number of primary amides is 1. The van der Waals surface area contributed by atoms with Gasteiger partial charge in [-0.25, -0.2) is 4.79 Å². The highest BCUT2D eigenvalue weighted by atomic mass is 36.0. The lowest BCUT2D eigenvalue weighted by molar-refractivity contribution is -0.127. The van der Waals surface area contributed by atoms with E-state index in [2.05, 4.69) is 64.3 Å². The molecule has 0 radical (unpaired) electrons. The van der Waals surface area contributed by atoms with Gasteiger partial charge in [0.25, 0.3) is 5.91 Å². The van der Waals surface area contributed by atoms with E-state index >= 15 is 0 Å². The number of benzene rings is 6. The van der Waals surface area contributed by atoms with E-state index in [0.717, 1.165) is 126 Å². The van der Waals surface area contributed by atoms with Crippen molar-refractivity contribution in [3.05, 3.63) is 259 Å². The summed E-state index contributed by atoms with van der Waals surface area (Å²) in [7, 11) is 0. The van der Waals surface area contributed by atoms with E-state index in [0.29, 0.717) is 65.9 Å². The Kier molecular flexibility index (Phi) is 31.3. The Morgan fingerprint density at radius 1 is 0.510 bits per heavy atom. The summed E-state index contributed by atoms with van der Waals surface area (Å²) in [5.74, 6) is 4.84. The molecule has 3 amide bonds. The lowest BCUT2D eigenvalue weighted by atomic mass is 9.92. The zero-order valence-corrected chi connectivity index (χ0v) is 61.1. The molecular weight excluding hydrogens is 1420 g/mol. The first-order valence-corrected chi connectivity index (χ1v) is 38.0. The number of allylic oxidation sites excluding steroid dienone is 1. The summed E-state index contributed by atoms with van der Waals surface area (Å²) in [6.07, 6.45) is 7.53. The first-order chi connectivity index (χ1) is 49.5. The fourth-order valence-electron chi connectivity index (χ4n) is 11.4. The van der Waals surface area contributed by atoms with E-state index in [9.17, 15) is 34.3 Å². The molecule has 3 N–H and O–H groups in total. The molecule has 104 heavy (non-hydrogen) atoms. The summed E-state index contributed by atoms with van der Waals surface area (Å²) < 4.78 is 32.6. The smallest absolute Gasteiger partial charge is 0.410 e. The summed E-state index contributed by atoms with van der Waals surface area (Å²) in [5.41, 5.74) is 14.1. The van der Waals surface area contributed by atoms with Crippen molar-refractivity contribution in [2.24, 2.45) is 5.73 Å². The topological polar surface area (TPSA) is 253 Å². The van der Waals surface area contributed by atoms with E-state index in [1.54, 1.807) is 11.0 Å². The van der Waals surface area contributed by atoms with Crippen LogP contribution in [0.5, 0.6) is 34.5 Å². The number of rotatable bonds is 15. The highest BCUT2D eigenvalue weighted by Gasteiger charge is 2.30. The minimum absolute atomic E-state index is 0. The van der Waals surface area contributed by atoms with Crippen molar-refractivity contribution in [3.63, 3.8) is 0 Å². The van der Waals surface area contributed by atoms with Crippen LogP contribution in [0.25, 0.3) is 33.8 Å². The number of hydrogen-bond donors (Lipinski definition) is 2. The van der Waals surface area contributed by atoms with Crippen LogP contribution in [-0.4, -0.2) is 92.8 Å². The molecular formula is C81H82Cl4N9O9P. The molecule has 0 bridgehead atoms. The van der Waals surface area contributed by atoms with Crippen LogP contribution in [0.3, 0.4) is 0 Å². The molecule has 3 fully saturated rings. The molecule has 12 rings (SSSR count). The van der Waals surface area contributed by atoms with Gasteiger partial charge in [-0.1, -0.05) is 75.2 Å². The molecule has 0 atom stereocenters. The van der Waals surface area contributed by atoms with Gasteiger partial charge in [0.05, 0.1) is 33.8 Å². The standard InChI is InChI=1S/C28H31N3O4.C26H23N3O2.C23H21N3O.C3H3ClO.CH4.Cl3OP/c1-28(2,3)35-27(33)31-17-15-19(16-18-31)24-14-13-23(26(29)32)25(30-24)20-9-11-22(12-10-20)34-21-7-5-4-6-8-21;1-2-25(30)29-16-14-19(15-17-29)24-13-10-21(18-27)26(28-24)20-8-11-23(12-9-20)31-22-6-4-3-5-7-22;24-16-19-8-11-22(17-12-14-25-15-13-17)26-23(19)18-6-9-21(10-7-18)27-20-4-2-1-3-5-20;1-2-3(4)5;;1-5(2,3)4/h4-14,19H,15-18H2,1-3H3,(H2,29,32);2-13,19H,1,14-17H2;1-11,17,25H,12-15H2;2H,1H2;1H4;. The van der Waals surface area contributed by atoms with Crippen LogP contribution < -0.4 is 25.3 Å². The van der Waals surface area contributed by atoms with E-state index in [-0.39, 0.29) is 31.3 Å². The van der Waals surface area contributed by atoms with E-state index in [1.807, 2.05) is 220 Å². The lowest BCUT2D eigenvalue weighted by Gasteiger charge is -2.33. The maximum atomic E-state index is 12.4. The molecule has 0 unspecified atom stereocenters. The van der Waals surface area contributed by atoms with Crippen LogP contribution in [-0.2, 0) is 18.9 Å². The maximum Gasteiger partial charge on any atom is 0.410 e. The lowest BCUT2D eigenvalue weighted by Crippen LogP contribution is -2.41. The number of ether oxygens (including phenoxy) is 4. The first-order valence-electron chi connectivity index (χ1n) is 33.2. The molecule has 3 aromatic heterocycles. The number of aromatic nitrogens is 3. The Balaban J connectivity index is 0.000000204. The fourth-order valence-corrected chi connectivity index (χ4v) is 11.4. The molecule has 9 aromatic rings. The molecule has 3 saturated heterocycles. The third kappa shape index (κ3) is 25.7. The molecule has 23 heteroatoms. The fraction of sp³-hybridized carbons (Fsp3) is 0.247. The zero-order chi connectivity index (χ0) is 73.9. The summed E-state index contributed by atoms with van der Waals surface area (Å²) in [6, 6.07) is 67.5. The quantitative estimate of drug-likeness (QED) is 0.0550. The monoisotopic (exact) mass is 1500 g/mol. The van der Waals surface area contributed by atoms with Gasteiger partial charge in [0.15, 0.2) is 0 Å². The largest absolute Gasteiger partial charge is 0.457 e. The second-order valence-electron chi connectivity index (χ2n) is 24.8. The second-order valence-corrected chi connectivity index (χ2v) is 31.8. The number of amides is 3. The average Bonchev–Trinajstić information content (AvgIpc) is 0.821. The van der Waals surface area contributed by atoms with Gasteiger partial charge in [-0.15, -0.1) is 0 Å². The molecule has 0 saturated carbocycles. The van der Waals surface area contributed by atoms with Crippen LogP contribution >= 0.6 is 50.5 Å². The summed E-state index contributed by atoms with van der Waals surface area (Å²) in [4.78, 5) is 63.9. The van der Waals surface area contributed by atoms with Gasteiger partial charge in [-0.2, -0.15) is 10.5 Å². The van der Waals surface area contributed by atoms with E-state index in [4.69, 9.17) is 51.2 Å². The van der Waals surface area contributed by atoms with Crippen molar-refractivity contribution in [1.29, 1.82) is 10.5 Å². The van der Waals surface area contributed by atoms with Crippen molar-refractivity contribution >= 4 is 73.7 Å². The van der Waals surface area contributed by atoms with Gasteiger partial charge in [-0.3, -0.25) is 33.9 Å².